The number of piperidine rings is 1. The van der Waals surface area contributed by atoms with E-state index in [9.17, 15) is 18.0 Å². The summed E-state index contributed by atoms with van der Waals surface area (Å²) < 4.78 is 43.1. The lowest BCUT2D eigenvalue weighted by molar-refractivity contribution is -0.123. The third-order valence-corrected chi connectivity index (χ3v) is 7.42. The molecule has 1 amide bonds. The van der Waals surface area contributed by atoms with Crippen LogP contribution in [0, 0.1) is 0 Å². The zero-order valence-corrected chi connectivity index (χ0v) is 19.1. The SMILES string of the molecule is CC(OC(=O)c1ccc(S(=O)(=O)N2CCCCC2)cc1)C(=O)Nc1ccc2c(c1)OCCO2. The van der Waals surface area contributed by atoms with Gasteiger partial charge in [0.05, 0.1) is 10.5 Å². The number of sulfonamides is 1. The first-order valence-corrected chi connectivity index (χ1v) is 12.3. The fourth-order valence-electron chi connectivity index (χ4n) is 3.66. The number of carbonyl (C=O) groups excluding carboxylic acids is 2. The molecule has 1 unspecified atom stereocenters. The van der Waals surface area contributed by atoms with Gasteiger partial charge in [-0.25, -0.2) is 13.2 Å². The molecule has 1 saturated heterocycles. The average Bonchev–Trinajstić information content (AvgIpc) is 2.84. The summed E-state index contributed by atoms with van der Waals surface area (Å²) in [5, 5.41) is 2.68. The van der Waals surface area contributed by atoms with Crippen molar-refractivity contribution >= 4 is 27.6 Å². The maximum absolute atomic E-state index is 12.7. The van der Waals surface area contributed by atoms with E-state index in [4.69, 9.17) is 14.2 Å². The van der Waals surface area contributed by atoms with Crippen molar-refractivity contribution in [2.45, 2.75) is 37.2 Å². The number of fused-ring (bicyclic) bond motifs is 1. The Hall–Kier alpha value is -3.11. The molecule has 0 bridgehead atoms. The predicted molar refractivity (Wildman–Crippen MR) is 120 cm³/mol. The Balaban J connectivity index is 1.36. The third kappa shape index (κ3) is 5.28. The highest BCUT2D eigenvalue weighted by Gasteiger charge is 2.26. The normalized spacial score (nSPS) is 17.1. The predicted octanol–water partition coefficient (Wildman–Crippen LogP) is 2.82. The lowest BCUT2D eigenvalue weighted by Gasteiger charge is -2.25. The maximum atomic E-state index is 12.7. The molecule has 9 nitrogen and oxygen atoms in total. The zero-order chi connectivity index (χ0) is 23.4. The molecule has 4 rings (SSSR count). The molecule has 0 spiro atoms. The van der Waals surface area contributed by atoms with E-state index < -0.39 is 28.0 Å². The number of benzene rings is 2. The minimum absolute atomic E-state index is 0.130. The first kappa shape index (κ1) is 23.1. The van der Waals surface area contributed by atoms with Gasteiger partial charge in [0.1, 0.15) is 13.2 Å². The molecule has 1 atom stereocenters. The number of nitrogens with zero attached hydrogens (tertiary/aromatic N) is 1. The van der Waals surface area contributed by atoms with E-state index in [1.54, 1.807) is 18.2 Å². The standard InChI is InChI=1S/C23H26N2O7S/c1-16(22(26)24-18-7-10-20-21(15-18)31-14-13-30-20)32-23(27)17-5-8-19(9-6-17)33(28,29)25-11-3-2-4-12-25/h5-10,15-16H,2-4,11-14H2,1H3,(H,24,26). The van der Waals surface area contributed by atoms with Gasteiger partial charge in [-0.2, -0.15) is 4.31 Å². The minimum atomic E-state index is -3.58. The van der Waals surface area contributed by atoms with E-state index in [-0.39, 0.29) is 10.5 Å². The van der Waals surface area contributed by atoms with Crippen molar-refractivity contribution < 1.29 is 32.2 Å². The van der Waals surface area contributed by atoms with Crippen LogP contribution in [0.1, 0.15) is 36.5 Å². The monoisotopic (exact) mass is 474 g/mol. The van der Waals surface area contributed by atoms with Crippen molar-refractivity contribution in [2.24, 2.45) is 0 Å². The van der Waals surface area contributed by atoms with Gasteiger partial charge in [-0.1, -0.05) is 6.42 Å². The molecule has 10 heteroatoms. The zero-order valence-electron chi connectivity index (χ0n) is 18.3. The molecule has 2 aromatic rings. The second kappa shape index (κ2) is 9.80. The van der Waals surface area contributed by atoms with E-state index in [2.05, 4.69) is 5.32 Å². The molecule has 0 saturated carbocycles. The van der Waals surface area contributed by atoms with Gasteiger partial charge in [-0.15, -0.1) is 0 Å². The molecule has 0 aromatic heterocycles. The molecular weight excluding hydrogens is 448 g/mol. The Morgan fingerprint density at radius 1 is 0.970 bits per heavy atom. The van der Waals surface area contributed by atoms with Crippen molar-refractivity contribution in [3.63, 3.8) is 0 Å². The minimum Gasteiger partial charge on any atom is -0.486 e. The molecule has 176 valence electrons. The Morgan fingerprint density at radius 3 is 2.33 bits per heavy atom. The van der Waals surface area contributed by atoms with Crippen LogP contribution in [0.4, 0.5) is 5.69 Å². The molecule has 2 heterocycles. The molecule has 2 aliphatic rings. The van der Waals surface area contributed by atoms with Crippen molar-refractivity contribution in [3.05, 3.63) is 48.0 Å². The fourth-order valence-corrected chi connectivity index (χ4v) is 5.18. The van der Waals surface area contributed by atoms with Gasteiger partial charge < -0.3 is 19.5 Å². The van der Waals surface area contributed by atoms with Crippen LogP contribution in [-0.2, 0) is 19.6 Å². The third-order valence-electron chi connectivity index (χ3n) is 5.51. The van der Waals surface area contributed by atoms with Crippen LogP contribution in [0.3, 0.4) is 0 Å². The van der Waals surface area contributed by atoms with Crippen LogP contribution in [0.2, 0.25) is 0 Å². The molecule has 1 fully saturated rings. The maximum Gasteiger partial charge on any atom is 0.338 e. The number of amides is 1. The van der Waals surface area contributed by atoms with Crippen molar-refractivity contribution in [1.29, 1.82) is 0 Å². The summed E-state index contributed by atoms with van der Waals surface area (Å²) in [6.07, 6.45) is 1.64. The number of anilines is 1. The summed E-state index contributed by atoms with van der Waals surface area (Å²) in [7, 11) is -3.58. The Bertz CT molecular complexity index is 1130. The van der Waals surface area contributed by atoms with Gasteiger partial charge >= 0.3 is 5.97 Å². The molecule has 1 N–H and O–H groups in total. The van der Waals surface area contributed by atoms with E-state index in [0.29, 0.717) is 43.5 Å². The average molecular weight is 475 g/mol. The summed E-state index contributed by atoms with van der Waals surface area (Å²) in [5.41, 5.74) is 0.644. The van der Waals surface area contributed by atoms with Crippen LogP contribution < -0.4 is 14.8 Å². The lowest BCUT2D eigenvalue weighted by atomic mass is 10.2. The first-order valence-electron chi connectivity index (χ1n) is 10.9. The fraction of sp³-hybridized carbons (Fsp3) is 0.391. The molecule has 0 aliphatic carbocycles. The van der Waals surface area contributed by atoms with Crippen molar-refractivity contribution in [1.82, 2.24) is 4.31 Å². The molecule has 2 aliphatic heterocycles. The number of nitrogens with one attached hydrogen (secondary N) is 1. The smallest absolute Gasteiger partial charge is 0.338 e. The lowest BCUT2D eigenvalue weighted by Crippen LogP contribution is -2.35. The number of esters is 1. The number of carbonyl (C=O) groups is 2. The van der Waals surface area contributed by atoms with E-state index >= 15 is 0 Å². The van der Waals surface area contributed by atoms with Gasteiger partial charge in [-0.3, -0.25) is 4.79 Å². The van der Waals surface area contributed by atoms with Gasteiger partial charge in [0, 0.05) is 24.8 Å². The van der Waals surface area contributed by atoms with Gasteiger partial charge in [0.2, 0.25) is 10.0 Å². The molecule has 33 heavy (non-hydrogen) atoms. The Labute approximate surface area is 192 Å². The summed E-state index contributed by atoms with van der Waals surface area (Å²) in [5.74, 6) is -0.0983. The Morgan fingerprint density at radius 2 is 1.64 bits per heavy atom. The summed E-state index contributed by atoms with van der Waals surface area (Å²) in [6.45, 7) is 3.36. The highest BCUT2D eigenvalue weighted by Crippen LogP contribution is 2.32. The molecule has 2 aromatic carbocycles. The van der Waals surface area contributed by atoms with Gasteiger partial charge in [0.15, 0.2) is 17.6 Å². The summed E-state index contributed by atoms with van der Waals surface area (Å²) >= 11 is 0. The van der Waals surface area contributed by atoms with Crippen molar-refractivity contribution in [2.75, 3.05) is 31.6 Å². The van der Waals surface area contributed by atoms with Gasteiger partial charge in [0.25, 0.3) is 5.91 Å². The largest absolute Gasteiger partial charge is 0.486 e. The molecule has 0 radical (unpaired) electrons. The summed E-state index contributed by atoms with van der Waals surface area (Å²) in [4.78, 5) is 25.1. The Kier molecular flexibility index (Phi) is 6.85. The van der Waals surface area contributed by atoms with E-state index in [1.165, 1.54) is 35.5 Å². The second-order valence-electron chi connectivity index (χ2n) is 7.88. The highest BCUT2D eigenvalue weighted by atomic mass is 32.2. The van der Waals surface area contributed by atoms with Gasteiger partial charge in [-0.05, 0) is 56.2 Å². The number of hydrogen-bond acceptors (Lipinski definition) is 7. The topological polar surface area (TPSA) is 111 Å². The quantitative estimate of drug-likeness (QED) is 0.641. The second-order valence-corrected chi connectivity index (χ2v) is 9.82. The van der Waals surface area contributed by atoms with Crippen LogP contribution >= 0.6 is 0 Å². The van der Waals surface area contributed by atoms with Crippen LogP contribution in [-0.4, -0.2) is 57.0 Å². The van der Waals surface area contributed by atoms with Crippen LogP contribution in [0.15, 0.2) is 47.4 Å². The van der Waals surface area contributed by atoms with Crippen molar-refractivity contribution in [3.8, 4) is 11.5 Å². The van der Waals surface area contributed by atoms with Crippen LogP contribution in [0.5, 0.6) is 11.5 Å². The molecular formula is C23H26N2O7S. The number of ether oxygens (including phenoxy) is 3. The first-order chi connectivity index (χ1) is 15.8. The summed E-state index contributed by atoms with van der Waals surface area (Å²) in [6, 6.07) is 10.6. The number of rotatable bonds is 6. The number of hydrogen-bond donors (Lipinski definition) is 1. The van der Waals surface area contributed by atoms with E-state index in [1.807, 2.05) is 0 Å². The van der Waals surface area contributed by atoms with E-state index in [0.717, 1.165) is 19.3 Å². The highest BCUT2D eigenvalue weighted by molar-refractivity contribution is 7.89. The van der Waals surface area contributed by atoms with Crippen LogP contribution in [0.25, 0.3) is 0 Å².